The van der Waals surface area contributed by atoms with Crippen LogP contribution >= 0.6 is 35.4 Å². The van der Waals surface area contributed by atoms with Gasteiger partial charge in [-0.15, -0.1) is 6.42 Å². The molecule has 0 saturated carbocycles. The van der Waals surface area contributed by atoms with Crippen LogP contribution in [0.15, 0.2) is 12.1 Å². The van der Waals surface area contributed by atoms with Crippen LogP contribution in [0.25, 0.3) is 0 Å². The van der Waals surface area contributed by atoms with Gasteiger partial charge in [0.15, 0.2) is 5.75 Å². The van der Waals surface area contributed by atoms with Crippen molar-refractivity contribution in [3.05, 3.63) is 22.2 Å². The molecule has 0 radical (unpaired) electrons. The summed E-state index contributed by atoms with van der Waals surface area (Å²) in [4.78, 5) is 2.00. The van der Waals surface area contributed by atoms with Crippen molar-refractivity contribution in [3.63, 3.8) is 0 Å². The summed E-state index contributed by atoms with van der Waals surface area (Å²) < 4.78 is 11.0. The highest BCUT2D eigenvalue weighted by Crippen LogP contribution is 2.36. The van der Waals surface area contributed by atoms with Gasteiger partial charge in [-0.25, -0.2) is 0 Å². The molecule has 2 rings (SSSR count). The van der Waals surface area contributed by atoms with Crippen LogP contribution in [-0.4, -0.2) is 29.8 Å². The maximum atomic E-state index is 6.10. The first kappa shape index (κ1) is 15.2. The van der Waals surface area contributed by atoms with Crippen molar-refractivity contribution < 1.29 is 9.47 Å². The smallest absolute Gasteiger partial charge is 0.264 e. The number of hydrogen-bond acceptors (Lipinski definition) is 3. The van der Waals surface area contributed by atoms with E-state index in [1.54, 1.807) is 12.1 Å². The van der Waals surface area contributed by atoms with Gasteiger partial charge in [0.05, 0.1) is 10.0 Å². The predicted octanol–water partition coefficient (Wildman–Crippen LogP) is 3.76. The zero-order valence-electron chi connectivity index (χ0n) is 10.7. The molecule has 20 heavy (non-hydrogen) atoms. The van der Waals surface area contributed by atoms with Gasteiger partial charge < -0.3 is 14.4 Å². The maximum Gasteiger partial charge on any atom is 0.264 e. The summed E-state index contributed by atoms with van der Waals surface area (Å²) >= 11 is 17.4. The lowest BCUT2D eigenvalue weighted by molar-refractivity contribution is 0.366. The number of terminal acetylenes is 1. The van der Waals surface area contributed by atoms with Crippen LogP contribution in [0, 0.1) is 12.3 Å². The SMILES string of the molecule is C#CCOc1cc(OC(=S)N2CCCC2)c(Cl)cc1Cl. The highest BCUT2D eigenvalue weighted by Gasteiger charge is 2.18. The van der Waals surface area contributed by atoms with E-state index in [9.17, 15) is 0 Å². The number of nitrogens with zero attached hydrogens (tertiary/aromatic N) is 1. The van der Waals surface area contributed by atoms with Crippen molar-refractivity contribution in [1.82, 2.24) is 4.90 Å². The largest absolute Gasteiger partial charge is 0.479 e. The Morgan fingerprint density at radius 2 is 1.90 bits per heavy atom. The molecular formula is C14H13Cl2NO2S. The van der Waals surface area contributed by atoms with Crippen molar-refractivity contribution >= 4 is 40.6 Å². The minimum absolute atomic E-state index is 0.122. The van der Waals surface area contributed by atoms with Crippen LogP contribution in [0.3, 0.4) is 0 Å². The van der Waals surface area contributed by atoms with Crippen molar-refractivity contribution in [2.24, 2.45) is 0 Å². The fourth-order valence-corrected chi connectivity index (χ4v) is 2.63. The molecular weight excluding hydrogens is 317 g/mol. The highest BCUT2D eigenvalue weighted by atomic mass is 35.5. The molecule has 3 nitrogen and oxygen atoms in total. The Kier molecular flexibility index (Phi) is 5.36. The van der Waals surface area contributed by atoms with Crippen molar-refractivity contribution in [1.29, 1.82) is 0 Å². The summed E-state index contributed by atoms with van der Waals surface area (Å²) in [7, 11) is 0. The van der Waals surface area contributed by atoms with E-state index in [1.807, 2.05) is 4.90 Å². The Labute approximate surface area is 133 Å². The van der Waals surface area contributed by atoms with Crippen LogP contribution in [0.1, 0.15) is 12.8 Å². The van der Waals surface area contributed by atoms with Crippen molar-refractivity contribution in [2.75, 3.05) is 19.7 Å². The van der Waals surface area contributed by atoms with E-state index >= 15 is 0 Å². The zero-order valence-corrected chi connectivity index (χ0v) is 13.0. The minimum atomic E-state index is 0.122. The van der Waals surface area contributed by atoms with E-state index in [-0.39, 0.29) is 6.61 Å². The summed E-state index contributed by atoms with van der Waals surface area (Å²) in [5, 5.41) is 1.17. The quantitative estimate of drug-likeness (QED) is 0.621. The molecule has 0 bridgehead atoms. The van der Waals surface area contributed by atoms with E-state index < -0.39 is 0 Å². The van der Waals surface area contributed by atoms with Gasteiger partial charge in [0.25, 0.3) is 5.17 Å². The summed E-state index contributed by atoms with van der Waals surface area (Å²) in [6, 6.07) is 3.15. The molecule has 0 aromatic heterocycles. The summed E-state index contributed by atoms with van der Waals surface area (Å²) in [6.07, 6.45) is 7.39. The molecule has 0 atom stereocenters. The van der Waals surface area contributed by atoms with Gasteiger partial charge in [-0.2, -0.15) is 0 Å². The molecule has 1 aliphatic rings. The normalized spacial score (nSPS) is 13.9. The predicted molar refractivity (Wildman–Crippen MR) is 84.8 cm³/mol. The third-order valence-corrected chi connectivity index (χ3v) is 3.79. The molecule has 0 amide bonds. The average molecular weight is 330 g/mol. The molecule has 1 aromatic rings. The second kappa shape index (κ2) is 7.03. The standard InChI is InChI=1S/C14H13Cl2NO2S/c1-2-7-18-12-9-13(11(16)8-10(12)15)19-14(20)17-5-3-4-6-17/h1,8-9H,3-7H2. The molecule has 0 spiro atoms. The number of ether oxygens (including phenoxy) is 2. The first-order chi connectivity index (χ1) is 9.61. The average Bonchev–Trinajstić information content (AvgIpc) is 2.94. The van der Waals surface area contributed by atoms with Gasteiger partial charge >= 0.3 is 0 Å². The molecule has 1 fully saturated rings. The van der Waals surface area contributed by atoms with Crippen LogP contribution in [0.5, 0.6) is 11.5 Å². The Bertz CT molecular complexity index is 551. The van der Waals surface area contributed by atoms with Gasteiger partial charge in [0, 0.05) is 19.2 Å². The molecule has 1 aliphatic heterocycles. The highest BCUT2D eigenvalue weighted by molar-refractivity contribution is 7.80. The van der Waals surface area contributed by atoms with Crippen LogP contribution in [0.4, 0.5) is 0 Å². The number of hydrogen-bond donors (Lipinski definition) is 0. The van der Waals surface area contributed by atoms with Gasteiger partial charge in [0.1, 0.15) is 12.4 Å². The molecule has 1 saturated heterocycles. The molecule has 6 heteroatoms. The fraction of sp³-hybridized carbons (Fsp3) is 0.357. The topological polar surface area (TPSA) is 21.7 Å². The number of rotatable bonds is 3. The van der Waals surface area contributed by atoms with Crippen LogP contribution in [0.2, 0.25) is 10.0 Å². The minimum Gasteiger partial charge on any atom is -0.479 e. The van der Waals surface area contributed by atoms with E-state index in [0.29, 0.717) is 26.7 Å². The van der Waals surface area contributed by atoms with E-state index in [2.05, 4.69) is 5.92 Å². The Morgan fingerprint density at radius 1 is 1.25 bits per heavy atom. The molecule has 106 valence electrons. The Morgan fingerprint density at radius 3 is 2.55 bits per heavy atom. The molecule has 0 N–H and O–H groups in total. The number of halogens is 2. The fourth-order valence-electron chi connectivity index (χ4n) is 1.88. The molecule has 0 unspecified atom stereocenters. The van der Waals surface area contributed by atoms with Crippen molar-refractivity contribution in [3.8, 4) is 23.8 Å². The lowest BCUT2D eigenvalue weighted by Gasteiger charge is -2.19. The summed E-state index contributed by atoms with van der Waals surface area (Å²) in [5.41, 5.74) is 0. The third kappa shape index (κ3) is 3.69. The second-order valence-corrected chi connectivity index (χ2v) is 5.43. The first-order valence-electron chi connectivity index (χ1n) is 6.14. The van der Waals surface area contributed by atoms with Crippen LogP contribution < -0.4 is 9.47 Å². The third-order valence-electron chi connectivity index (χ3n) is 2.86. The molecule has 1 heterocycles. The van der Waals surface area contributed by atoms with Gasteiger partial charge in [-0.05, 0) is 31.1 Å². The maximum absolute atomic E-state index is 6.10. The van der Waals surface area contributed by atoms with Crippen LogP contribution in [-0.2, 0) is 0 Å². The van der Waals surface area contributed by atoms with Gasteiger partial charge in [-0.3, -0.25) is 0 Å². The lowest BCUT2D eigenvalue weighted by atomic mass is 10.3. The Hall–Kier alpha value is -1.15. The lowest BCUT2D eigenvalue weighted by Crippen LogP contribution is -2.30. The number of benzene rings is 1. The molecule has 1 aromatic carbocycles. The summed E-state index contributed by atoms with van der Waals surface area (Å²) in [5.74, 6) is 3.22. The zero-order chi connectivity index (χ0) is 14.5. The van der Waals surface area contributed by atoms with E-state index in [4.69, 9.17) is 51.3 Å². The molecule has 0 aliphatic carbocycles. The van der Waals surface area contributed by atoms with Crippen molar-refractivity contribution in [2.45, 2.75) is 12.8 Å². The van der Waals surface area contributed by atoms with E-state index in [1.165, 1.54) is 0 Å². The second-order valence-electron chi connectivity index (χ2n) is 4.27. The van der Waals surface area contributed by atoms with E-state index in [0.717, 1.165) is 25.9 Å². The Balaban J connectivity index is 2.13. The van der Waals surface area contributed by atoms with Gasteiger partial charge in [0.2, 0.25) is 0 Å². The number of thiocarbonyl (C=S) groups is 1. The monoisotopic (exact) mass is 329 g/mol. The summed E-state index contributed by atoms with van der Waals surface area (Å²) in [6.45, 7) is 1.94. The first-order valence-corrected chi connectivity index (χ1v) is 7.30. The van der Waals surface area contributed by atoms with Gasteiger partial charge in [-0.1, -0.05) is 29.1 Å². The number of likely N-dealkylation sites (tertiary alicyclic amines) is 1.